The van der Waals surface area contributed by atoms with E-state index in [1.807, 2.05) is 67.6 Å². The van der Waals surface area contributed by atoms with Crippen molar-refractivity contribution in [3.8, 4) is 0 Å². The van der Waals surface area contributed by atoms with Crippen LogP contribution in [0.2, 0.25) is 0 Å². The molecule has 3 heteroatoms. The van der Waals surface area contributed by atoms with Gasteiger partial charge >= 0.3 is 0 Å². The van der Waals surface area contributed by atoms with Gasteiger partial charge in [-0.1, -0.05) is 60.7 Å². The predicted octanol–water partition coefficient (Wildman–Crippen LogP) is 3.03. The number of hydrogen-bond acceptors (Lipinski definition) is 2. The number of aliphatic hydroxyl groups is 1. The average molecular weight is 283 g/mol. The first-order chi connectivity index (χ1) is 9.99. The van der Waals surface area contributed by atoms with Gasteiger partial charge in [0.05, 0.1) is 13.1 Å². The molecular formula is C18H21NO2. The zero-order valence-corrected chi connectivity index (χ0v) is 12.4. The molecule has 1 fully saturated rings. The molecule has 0 spiro atoms. The highest BCUT2D eigenvalue weighted by molar-refractivity contribution is 5.41. The van der Waals surface area contributed by atoms with Crippen molar-refractivity contribution in [2.75, 3.05) is 7.05 Å². The molecule has 0 saturated carbocycles. The van der Waals surface area contributed by atoms with Crippen molar-refractivity contribution in [1.82, 2.24) is 0 Å². The van der Waals surface area contributed by atoms with Crippen LogP contribution in [0.15, 0.2) is 60.7 Å². The molecule has 2 aromatic carbocycles. The second-order valence-corrected chi connectivity index (χ2v) is 6.19. The molecule has 2 aromatic rings. The number of likely N-dealkylation sites (tertiary alicyclic amines) is 1. The summed E-state index contributed by atoms with van der Waals surface area (Å²) in [6, 6.07) is 19.6. The number of aliphatic hydroxyl groups excluding tert-OH is 1. The zero-order valence-electron chi connectivity index (χ0n) is 12.4. The van der Waals surface area contributed by atoms with Crippen molar-refractivity contribution in [3.63, 3.8) is 0 Å². The summed E-state index contributed by atoms with van der Waals surface area (Å²) in [5.74, 6) is 0. The lowest BCUT2D eigenvalue weighted by Crippen LogP contribution is -2.52. The molecule has 21 heavy (non-hydrogen) atoms. The van der Waals surface area contributed by atoms with Crippen molar-refractivity contribution in [3.05, 3.63) is 77.0 Å². The van der Waals surface area contributed by atoms with E-state index in [1.165, 1.54) is 0 Å². The molecule has 0 bridgehead atoms. The fraction of sp³-hybridized carbons (Fsp3) is 0.333. The van der Waals surface area contributed by atoms with Gasteiger partial charge in [-0.05, 0) is 18.1 Å². The molecule has 1 aliphatic heterocycles. The van der Waals surface area contributed by atoms with E-state index < -0.39 is 16.3 Å². The third kappa shape index (κ3) is 2.01. The number of likely N-dealkylation sites (N-methyl/N-ethyl adjacent to an activating group) is 1. The van der Waals surface area contributed by atoms with Crippen LogP contribution in [-0.2, 0) is 5.41 Å². The molecule has 0 amide bonds. The topological polar surface area (TPSA) is 43.3 Å². The maximum atomic E-state index is 12.8. The van der Waals surface area contributed by atoms with Gasteiger partial charge in [-0.3, -0.25) is 0 Å². The number of rotatable bonds is 2. The lowest BCUT2D eigenvalue weighted by molar-refractivity contribution is -0.918. The van der Waals surface area contributed by atoms with E-state index >= 15 is 0 Å². The van der Waals surface area contributed by atoms with Gasteiger partial charge < -0.3 is 15.0 Å². The number of quaternary nitrogens is 1. The summed E-state index contributed by atoms with van der Waals surface area (Å²) in [5.41, 5.74) is 1.37. The van der Waals surface area contributed by atoms with E-state index in [4.69, 9.17) is 0 Å². The Bertz CT molecular complexity index is 570. The minimum absolute atomic E-state index is 0.152. The molecule has 0 aliphatic carbocycles. The quantitative estimate of drug-likeness (QED) is 0.680. The minimum Gasteiger partial charge on any atom is -0.631 e. The van der Waals surface area contributed by atoms with Crippen LogP contribution in [0.5, 0.6) is 0 Å². The molecule has 3 atom stereocenters. The van der Waals surface area contributed by atoms with Crippen LogP contribution in [0.4, 0.5) is 0 Å². The fourth-order valence-electron chi connectivity index (χ4n) is 3.60. The zero-order chi connectivity index (χ0) is 15.1. The molecule has 3 rings (SSSR count). The van der Waals surface area contributed by atoms with Crippen molar-refractivity contribution >= 4 is 0 Å². The van der Waals surface area contributed by atoms with Crippen LogP contribution >= 0.6 is 0 Å². The summed E-state index contributed by atoms with van der Waals surface area (Å²) < 4.78 is -0.621. The van der Waals surface area contributed by atoms with E-state index in [-0.39, 0.29) is 6.04 Å². The molecule has 3 nitrogen and oxygen atoms in total. The van der Waals surface area contributed by atoms with Gasteiger partial charge in [0.15, 0.2) is 0 Å². The first-order valence-electron chi connectivity index (χ1n) is 7.35. The molecule has 110 valence electrons. The van der Waals surface area contributed by atoms with E-state index in [1.54, 1.807) is 7.05 Å². The van der Waals surface area contributed by atoms with Gasteiger partial charge in [-0.2, -0.15) is 0 Å². The smallest absolute Gasteiger partial charge is 0.204 e. The van der Waals surface area contributed by atoms with Gasteiger partial charge in [-0.25, -0.2) is 0 Å². The van der Waals surface area contributed by atoms with Gasteiger partial charge in [0, 0.05) is 6.42 Å². The Morgan fingerprint density at radius 2 is 1.43 bits per heavy atom. The van der Waals surface area contributed by atoms with Crippen molar-refractivity contribution in [2.45, 2.75) is 31.0 Å². The number of hydrogen-bond donors (Lipinski definition) is 1. The Morgan fingerprint density at radius 1 is 1.00 bits per heavy atom. The van der Waals surface area contributed by atoms with Gasteiger partial charge in [0.25, 0.3) is 0 Å². The number of hydroxylamine groups is 3. The Balaban J connectivity index is 2.23. The largest absolute Gasteiger partial charge is 0.631 e. The van der Waals surface area contributed by atoms with Crippen LogP contribution < -0.4 is 0 Å². The highest BCUT2D eigenvalue weighted by atomic mass is 16.6. The van der Waals surface area contributed by atoms with Gasteiger partial charge in [-0.15, -0.1) is 0 Å². The highest BCUT2D eigenvalue weighted by Gasteiger charge is 2.57. The molecule has 0 radical (unpaired) electrons. The molecule has 0 aromatic heterocycles. The fourth-order valence-corrected chi connectivity index (χ4v) is 3.60. The number of nitrogens with zero attached hydrogens (tertiary/aromatic N) is 1. The lowest BCUT2D eigenvalue weighted by Gasteiger charge is -2.44. The van der Waals surface area contributed by atoms with Crippen LogP contribution in [0.1, 0.15) is 24.5 Å². The van der Waals surface area contributed by atoms with Crippen LogP contribution in [0.25, 0.3) is 0 Å². The van der Waals surface area contributed by atoms with E-state index in [9.17, 15) is 10.3 Å². The third-order valence-electron chi connectivity index (χ3n) is 5.00. The minimum atomic E-state index is -1.00. The summed E-state index contributed by atoms with van der Waals surface area (Å²) >= 11 is 0. The van der Waals surface area contributed by atoms with E-state index in [0.29, 0.717) is 6.42 Å². The first-order valence-corrected chi connectivity index (χ1v) is 7.35. The van der Waals surface area contributed by atoms with Crippen LogP contribution in [0, 0.1) is 5.21 Å². The molecule has 1 N–H and O–H groups in total. The summed E-state index contributed by atoms with van der Waals surface area (Å²) in [5, 5.41) is 23.7. The second kappa shape index (κ2) is 4.95. The van der Waals surface area contributed by atoms with E-state index in [2.05, 4.69) is 0 Å². The second-order valence-electron chi connectivity index (χ2n) is 6.19. The van der Waals surface area contributed by atoms with Gasteiger partial charge in [0.2, 0.25) is 6.23 Å². The Labute approximate surface area is 125 Å². The molecule has 1 saturated heterocycles. The average Bonchev–Trinajstić information content (AvgIpc) is 2.70. The predicted molar refractivity (Wildman–Crippen MR) is 83.3 cm³/mol. The van der Waals surface area contributed by atoms with E-state index in [0.717, 1.165) is 11.1 Å². The van der Waals surface area contributed by atoms with Crippen molar-refractivity contribution in [1.29, 1.82) is 0 Å². The summed E-state index contributed by atoms with van der Waals surface area (Å²) in [4.78, 5) is 0. The molecule has 1 aliphatic rings. The molecule has 0 unspecified atom stereocenters. The summed E-state index contributed by atoms with van der Waals surface area (Å²) in [6.45, 7) is 1.92. The van der Waals surface area contributed by atoms with Crippen LogP contribution in [-0.4, -0.2) is 29.1 Å². The SMILES string of the molecule is C[C@@H]1CC(c2ccccc2)(c2ccccc2)[C@H](O)[N@+]1(C)[O-]. The third-order valence-corrected chi connectivity index (χ3v) is 5.00. The lowest BCUT2D eigenvalue weighted by atomic mass is 9.72. The standard InChI is InChI=1S/C18H21NO2/c1-14-13-18(17(20)19(14,2)21,15-9-5-3-6-10-15)16-11-7-4-8-12-16/h3-12,14,17,20H,13H2,1-2H3/t14-,17+,19-/m1/s1. The maximum Gasteiger partial charge on any atom is 0.204 e. The Kier molecular flexibility index (Phi) is 3.36. The van der Waals surface area contributed by atoms with Crippen molar-refractivity contribution < 1.29 is 9.75 Å². The molecule has 1 heterocycles. The Morgan fingerprint density at radius 3 is 1.76 bits per heavy atom. The maximum absolute atomic E-state index is 12.8. The molecular weight excluding hydrogens is 262 g/mol. The first kappa shape index (κ1) is 14.3. The monoisotopic (exact) mass is 283 g/mol. The normalized spacial score (nSPS) is 31.2. The highest BCUT2D eigenvalue weighted by Crippen LogP contribution is 2.49. The summed E-state index contributed by atoms with van der Waals surface area (Å²) in [6.07, 6.45) is -0.361. The number of benzene rings is 2. The Hall–Kier alpha value is -1.68. The van der Waals surface area contributed by atoms with Crippen LogP contribution in [0.3, 0.4) is 0 Å². The summed E-state index contributed by atoms with van der Waals surface area (Å²) in [7, 11) is 1.57. The van der Waals surface area contributed by atoms with Gasteiger partial charge in [0.1, 0.15) is 5.41 Å². The van der Waals surface area contributed by atoms with Crippen molar-refractivity contribution in [2.24, 2.45) is 0 Å².